The van der Waals surface area contributed by atoms with Crippen molar-refractivity contribution in [1.82, 2.24) is 20.4 Å². The molecule has 3 rings (SSSR count). The highest BCUT2D eigenvalue weighted by molar-refractivity contribution is 5.74. The number of hydrogen-bond acceptors (Lipinski definition) is 3. The lowest BCUT2D eigenvalue weighted by atomic mass is 10.0. The minimum atomic E-state index is -0.337. The molecule has 6 nitrogen and oxygen atoms in total. The number of amides is 2. The number of nitrogens with zero attached hydrogens (tertiary/aromatic N) is 2. The number of aromatic nitrogens is 2. The summed E-state index contributed by atoms with van der Waals surface area (Å²) in [7, 11) is 0. The number of benzene rings is 1. The third-order valence-corrected chi connectivity index (χ3v) is 4.22. The second kappa shape index (κ2) is 8.00. The first-order chi connectivity index (χ1) is 12.1. The Morgan fingerprint density at radius 2 is 2.40 bits per heavy atom. The van der Waals surface area contributed by atoms with Gasteiger partial charge in [-0.1, -0.05) is 13.0 Å². The Bertz CT molecular complexity index is 705. The average Bonchev–Trinajstić information content (AvgIpc) is 3.01. The summed E-state index contributed by atoms with van der Waals surface area (Å²) in [5.41, 5.74) is 0.818. The van der Waals surface area contributed by atoms with Crippen LogP contribution in [0.3, 0.4) is 0 Å². The van der Waals surface area contributed by atoms with Crippen LogP contribution in [0.4, 0.5) is 9.18 Å². The van der Waals surface area contributed by atoms with Crippen LogP contribution in [0.1, 0.15) is 31.4 Å². The third kappa shape index (κ3) is 4.71. The molecule has 0 aliphatic carbocycles. The molecule has 2 N–H and O–H groups in total. The molecule has 2 amide bonds. The third-order valence-electron chi connectivity index (χ3n) is 4.22. The van der Waals surface area contributed by atoms with Gasteiger partial charge in [-0.25, -0.2) is 9.18 Å². The normalized spacial score (nSPS) is 17.8. The molecule has 1 aliphatic heterocycles. The lowest BCUT2D eigenvalue weighted by Gasteiger charge is -2.20. The molecule has 1 aliphatic rings. The predicted octanol–water partition coefficient (Wildman–Crippen LogP) is 2.87. The molecule has 0 saturated carbocycles. The van der Waals surface area contributed by atoms with Crippen LogP contribution in [0.2, 0.25) is 0 Å². The lowest BCUT2D eigenvalue weighted by Crippen LogP contribution is -2.40. The topological polar surface area (TPSA) is 68.2 Å². The maximum Gasteiger partial charge on any atom is 0.315 e. The summed E-state index contributed by atoms with van der Waals surface area (Å²) in [5, 5.41) is 10.0. The van der Waals surface area contributed by atoms with Crippen LogP contribution in [-0.2, 0) is 6.54 Å². The van der Waals surface area contributed by atoms with Crippen LogP contribution in [0.25, 0.3) is 0 Å². The van der Waals surface area contributed by atoms with Crippen molar-refractivity contribution in [3.63, 3.8) is 0 Å². The quantitative estimate of drug-likeness (QED) is 0.875. The SMILES string of the molecule is C[C@H](CNC(=O)N[C@H]1CCCOc2cc(F)ccc21)Cn1cccn1. The van der Waals surface area contributed by atoms with E-state index in [1.54, 1.807) is 12.3 Å². The molecule has 2 atom stereocenters. The van der Waals surface area contributed by atoms with Crippen molar-refractivity contribution in [3.05, 3.63) is 48.0 Å². The summed E-state index contributed by atoms with van der Waals surface area (Å²) in [6.45, 7) is 3.87. The molecule has 2 heterocycles. The monoisotopic (exact) mass is 346 g/mol. The van der Waals surface area contributed by atoms with Gasteiger partial charge >= 0.3 is 6.03 Å². The van der Waals surface area contributed by atoms with Crippen molar-refractivity contribution < 1.29 is 13.9 Å². The van der Waals surface area contributed by atoms with Crippen LogP contribution in [0, 0.1) is 11.7 Å². The highest BCUT2D eigenvalue weighted by Gasteiger charge is 2.22. The zero-order chi connectivity index (χ0) is 17.6. The van der Waals surface area contributed by atoms with Crippen molar-refractivity contribution >= 4 is 6.03 Å². The van der Waals surface area contributed by atoms with Crippen molar-refractivity contribution in [1.29, 1.82) is 0 Å². The van der Waals surface area contributed by atoms with Gasteiger partial charge < -0.3 is 15.4 Å². The van der Waals surface area contributed by atoms with Gasteiger partial charge in [0.05, 0.1) is 12.6 Å². The number of hydrogen-bond donors (Lipinski definition) is 2. The number of halogens is 1. The minimum Gasteiger partial charge on any atom is -0.493 e. The first-order valence-corrected chi connectivity index (χ1v) is 8.56. The molecule has 0 bridgehead atoms. The Labute approximate surface area is 146 Å². The smallest absolute Gasteiger partial charge is 0.315 e. The van der Waals surface area contributed by atoms with Crippen LogP contribution in [0.15, 0.2) is 36.7 Å². The molecule has 0 fully saturated rings. The summed E-state index contributed by atoms with van der Waals surface area (Å²) >= 11 is 0. The Morgan fingerprint density at radius 1 is 1.52 bits per heavy atom. The fraction of sp³-hybridized carbons (Fsp3) is 0.444. The van der Waals surface area contributed by atoms with Gasteiger partial charge in [0, 0.05) is 37.1 Å². The van der Waals surface area contributed by atoms with Crippen molar-refractivity contribution in [2.24, 2.45) is 5.92 Å². The van der Waals surface area contributed by atoms with Gasteiger partial charge in [-0.15, -0.1) is 0 Å². The van der Waals surface area contributed by atoms with E-state index in [0.29, 0.717) is 18.9 Å². The molecule has 0 unspecified atom stereocenters. The number of carbonyl (C=O) groups is 1. The largest absolute Gasteiger partial charge is 0.493 e. The summed E-state index contributed by atoms with van der Waals surface area (Å²) in [6, 6.07) is 5.92. The molecule has 0 saturated heterocycles. The van der Waals surface area contributed by atoms with Gasteiger partial charge in [0.1, 0.15) is 11.6 Å². The number of fused-ring (bicyclic) bond motifs is 1. The molecular formula is C18H23FN4O2. The molecule has 1 aromatic heterocycles. The van der Waals surface area contributed by atoms with Crippen LogP contribution in [0.5, 0.6) is 5.75 Å². The molecular weight excluding hydrogens is 323 g/mol. The number of urea groups is 1. The van der Waals surface area contributed by atoms with E-state index in [2.05, 4.69) is 22.7 Å². The first kappa shape index (κ1) is 17.3. The van der Waals surface area contributed by atoms with Crippen LogP contribution >= 0.6 is 0 Å². The second-order valence-corrected chi connectivity index (χ2v) is 6.41. The van der Waals surface area contributed by atoms with Crippen LogP contribution < -0.4 is 15.4 Å². The average molecular weight is 346 g/mol. The Morgan fingerprint density at radius 3 is 3.20 bits per heavy atom. The highest BCUT2D eigenvalue weighted by Crippen LogP contribution is 2.31. The molecule has 25 heavy (non-hydrogen) atoms. The molecule has 0 radical (unpaired) electrons. The highest BCUT2D eigenvalue weighted by atomic mass is 19.1. The first-order valence-electron chi connectivity index (χ1n) is 8.56. The Hall–Kier alpha value is -2.57. The number of rotatable bonds is 5. The van der Waals surface area contributed by atoms with Crippen molar-refractivity contribution in [3.8, 4) is 5.75 Å². The zero-order valence-electron chi connectivity index (χ0n) is 14.2. The number of ether oxygens (including phenoxy) is 1. The lowest BCUT2D eigenvalue weighted by molar-refractivity contribution is 0.233. The molecule has 2 aromatic rings. The number of nitrogens with one attached hydrogen (secondary N) is 2. The van der Waals surface area contributed by atoms with Gasteiger partial charge in [-0.2, -0.15) is 5.10 Å². The van der Waals surface area contributed by atoms with Gasteiger partial charge in [-0.3, -0.25) is 4.68 Å². The van der Waals surface area contributed by atoms with E-state index in [-0.39, 0.29) is 23.8 Å². The van der Waals surface area contributed by atoms with E-state index in [0.717, 1.165) is 24.9 Å². The summed E-state index contributed by atoms with van der Waals surface area (Å²) in [5.74, 6) is 0.427. The molecule has 134 valence electrons. The zero-order valence-corrected chi connectivity index (χ0v) is 14.2. The van der Waals surface area contributed by atoms with Crippen LogP contribution in [-0.4, -0.2) is 29.0 Å². The van der Waals surface area contributed by atoms with Crippen molar-refractivity contribution in [2.45, 2.75) is 32.4 Å². The minimum absolute atomic E-state index is 0.181. The summed E-state index contributed by atoms with van der Waals surface area (Å²) < 4.78 is 20.8. The van der Waals surface area contributed by atoms with E-state index >= 15 is 0 Å². The predicted molar refractivity (Wildman–Crippen MR) is 91.8 cm³/mol. The van der Waals surface area contributed by atoms with E-state index in [1.807, 2.05) is 16.9 Å². The summed E-state index contributed by atoms with van der Waals surface area (Å²) in [4.78, 5) is 12.2. The van der Waals surface area contributed by atoms with Crippen molar-refractivity contribution in [2.75, 3.05) is 13.2 Å². The second-order valence-electron chi connectivity index (χ2n) is 6.41. The fourth-order valence-corrected chi connectivity index (χ4v) is 2.96. The Balaban J connectivity index is 1.54. The maximum absolute atomic E-state index is 13.4. The molecule has 1 aromatic carbocycles. The van der Waals surface area contributed by atoms with Gasteiger partial charge in [0.25, 0.3) is 0 Å². The van der Waals surface area contributed by atoms with E-state index in [4.69, 9.17) is 4.74 Å². The fourth-order valence-electron chi connectivity index (χ4n) is 2.96. The van der Waals surface area contributed by atoms with E-state index < -0.39 is 0 Å². The standard InChI is InChI=1S/C18H23FN4O2/c1-13(12-23-8-3-7-21-23)11-20-18(24)22-16-4-2-9-25-17-10-14(19)5-6-15(16)17/h3,5-8,10,13,16H,2,4,9,11-12H2,1H3,(H2,20,22,24)/t13-,16+/m1/s1. The van der Waals surface area contributed by atoms with Gasteiger partial charge in [0.2, 0.25) is 0 Å². The molecule has 7 heteroatoms. The van der Waals surface area contributed by atoms with Gasteiger partial charge in [0.15, 0.2) is 0 Å². The molecule has 0 spiro atoms. The summed E-state index contributed by atoms with van der Waals surface area (Å²) in [6.07, 6.45) is 5.20. The van der Waals surface area contributed by atoms with E-state index in [1.165, 1.54) is 12.1 Å². The Kier molecular flexibility index (Phi) is 5.53. The van der Waals surface area contributed by atoms with E-state index in [9.17, 15) is 9.18 Å². The number of carbonyl (C=O) groups excluding carboxylic acids is 1. The van der Waals surface area contributed by atoms with Gasteiger partial charge in [-0.05, 0) is 30.9 Å². The maximum atomic E-state index is 13.4.